The number of aryl methyl sites for hydroxylation is 1. The number of imidazole rings is 1. The third kappa shape index (κ3) is 5.93. The van der Waals surface area contributed by atoms with Gasteiger partial charge in [-0.05, 0) is 0 Å². The van der Waals surface area contributed by atoms with Gasteiger partial charge in [-0.2, -0.15) is 0 Å². The molecule has 22 heteroatoms. The van der Waals surface area contributed by atoms with Crippen LogP contribution in [0.3, 0.4) is 0 Å². The van der Waals surface area contributed by atoms with Gasteiger partial charge in [-0.1, -0.05) is 4.98 Å². The molecule has 0 spiro atoms. The third-order valence-corrected chi connectivity index (χ3v) is 7.91. The highest BCUT2D eigenvalue weighted by atomic mass is 31.3. The first kappa shape index (κ1) is 26.1. The second kappa shape index (κ2) is 8.90. The molecule has 1 aliphatic rings. The van der Waals surface area contributed by atoms with Gasteiger partial charge < -0.3 is 44.8 Å². The minimum absolute atomic E-state index is 0.0303. The molecule has 6 atom stereocenters. The first-order valence-electron chi connectivity index (χ1n) is 8.50. The number of phosphoric acid groups is 3. The van der Waals surface area contributed by atoms with Gasteiger partial charge in [-0.25, -0.2) is 13.4 Å². The Morgan fingerprint density at radius 1 is 1.27 bits per heavy atom. The molecule has 0 amide bonds. The Bertz CT molecular complexity index is 1260. The minimum atomic E-state index is -6.13. The number of hydrogen-bond acceptors (Lipinski definition) is 15. The van der Waals surface area contributed by atoms with Gasteiger partial charge in [0, 0.05) is 0 Å². The van der Waals surface area contributed by atoms with Crippen LogP contribution in [0.4, 0.5) is 5.95 Å². The first-order chi connectivity index (χ1) is 15.0. The smallest absolute Gasteiger partial charge is 0.478 e. The van der Waals surface area contributed by atoms with Crippen molar-refractivity contribution in [1.82, 2.24) is 14.5 Å². The highest BCUT2D eigenvalue weighted by Crippen LogP contribution is 2.62. The molecule has 19 nitrogen and oxygen atoms in total. The fraction of sp³-hybridized carbons (Fsp3) is 0.545. The standard InChI is InChI=1S/C11H18N5O14P3/c1-15-3-16(8-5(15)9(19)14-11(12)13-8)10-7(18)6(17)4(28-10)2-27-32(23,24)30-33(25,26)29-31(20,21)22/h3-4,6-7,10,17-18H,2H2,1H3,(H6-,12,13,14,19,20,21,22,23,24,25,26)/p-2/t4-,6?,7+,10-/m1/s1. The average molecular weight is 535 g/mol. The van der Waals surface area contributed by atoms with Crippen molar-refractivity contribution in [2.24, 2.45) is 7.05 Å². The number of fused-ring (bicyclic) bond motifs is 1. The zero-order valence-electron chi connectivity index (χ0n) is 16.2. The molecule has 0 saturated carbocycles. The fourth-order valence-corrected chi connectivity index (χ4v) is 5.91. The Kier molecular flexibility index (Phi) is 7.03. The summed E-state index contributed by atoms with van der Waals surface area (Å²) in [5.41, 5.74) is 4.89. The maximum atomic E-state index is 12.1. The van der Waals surface area contributed by atoms with Crippen LogP contribution in [0.5, 0.6) is 0 Å². The largest absolute Gasteiger partial charge is 0.790 e. The highest BCUT2D eigenvalue weighted by molar-refractivity contribution is 7.65. The maximum absolute atomic E-state index is 12.1. The summed E-state index contributed by atoms with van der Waals surface area (Å²) in [5, 5.41) is 20.5. The topological polar surface area (TPSA) is 299 Å². The molecule has 1 fully saturated rings. The van der Waals surface area contributed by atoms with Gasteiger partial charge >= 0.3 is 13.5 Å². The molecule has 186 valence electrons. The van der Waals surface area contributed by atoms with E-state index in [4.69, 9.17) is 10.5 Å². The van der Waals surface area contributed by atoms with Gasteiger partial charge in [0.15, 0.2) is 6.33 Å². The first-order valence-corrected chi connectivity index (χ1v) is 12.9. The van der Waals surface area contributed by atoms with Crippen molar-refractivity contribution in [2.45, 2.75) is 24.5 Å². The number of H-pyrrole nitrogens is 1. The Balaban J connectivity index is 1.76. The lowest BCUT2D eigenvalue weighted by Gasteiger charge is -2.35. The molecule has 1 saturated heterocycles. The number of hydrogen-bond donors (Lipinski definition) is 5. The molecule has 6 N–H and O–H groups in total. The van der Waals surface area contributed by atoms with Crippen molar-refractivity contribution < 1.29 is 65.9 Å². The van der Waals surface area contributed by atoms with Crippen molar-refractivity contribution in [2.75, 3.05) is 12.3 Å². The number of aromatic nitrogens is 4. The Hall–Kier alpha value is -1.56. The molecule has 3 heterocycles. The van der Waals surface area contributed by atoms with Crippen LogP contribution in [0.1, 0.15) is 6.23 Å². The molecule has 3 unspecified atom stereocenters. The van der Waals surface area contributed by atoms with Gasteiger partial charge in [0.05, 0.1) is 21.5 Å². The summed E-state index contributed by atoms with van der Waals surface area (Å²) in [6.45, 7) is -1.06. The second-order valence-electron chi connectivity index (χ2n) is 6.63. The van der Waals surface area contributed by atoms with E-state index >= 15 is 0 Å². The third-order valence-electron chi connectivity index (χ3n) is 4.21. The van der Waals surface area contributed by atoms with Gasteiger partial charge in [0.25, 0.3) is 19.3 Å². The normalized spacial score (nSPS) is 27.5. The molecular weight excluding hydrogens is 519 g/mol. The summed E-state index contributed by atoms with van der Waals surface area (Å²) in [6, 6.07) is 0. The number of aliphatic hydroxyl groups excluding tert-OH is 2. The molecule has 2 aromatic heterocycles. The van der Waals surface area contributed by atoms with Crippen LogP contribution < -0.4 is 30.5 Å². The number of anilines is 1. The number of nitrogens with two attached hydrogens (primary N) is 1. The lowest BCUT2D eigenvalue weighted by molar-refractivity contribution is -0.745. The lowest BCUT2D eigenvalue weighted by Crippen LogP contribution is -2.46. The Morgan fingerprint density at radius 3 is 2.52 bits per heavy atom. The molecular formula is C11H16N5O14P3-2. The lowest BCUT2D eigenvalue weighted by atomic mass is 10.1. The van der Waals surface area contributed by atoms with Crippen molar-refractivity contribution in [3.8, 4) is 0 Å². The Labute approximate surface area is 182 Å². The number of nitrogen functional groups attached to an aromatic ring is 1. The SMILES string of the molecule is Cn1c[n+]([C@@H]2O[C@H](COP(=O)(O)OP(=O)([O-])OP(=O)([O-])[O-])C(O)[C@@H]2O)c2nc(N)[nH]c(=O)c21. The number of nitrogens with zero attached hydrogens (tertiary/aromatic N) is 3. The molecule has 0 bridgehead atoms. The van der Waals surface area contributed by atoms with E-state index in [0.717, 1.165) is 4.57 Å². The molecule has 0 aromatic carbocycles. The van der Waals surface area contributed by atoms with Gasteiger partial charge in [-0.15, -0.1) is 0 Å². The van der Waals surface area contributed by atoms with E-state index in [1.165, 1.54) is 17.9 Å². The summed E-state index contributed by atoms with van der Waals surface area (Å²) in [7, 11) is -16.4. The number of phosphoric ester groups is 1. The zero-order chi connectivity index (χ0) is 24.9. The Morgan fingerprint density at radius 2 is 1.91 bits per heavy atom. The molecule has 0 radical (unpaired) electrons. The van der Waals surface area contributed by atoms with E-state index in [0.29, 0.717) is 0 Å². The second-order valence-corrected chi connectivity index (χ2v) is 10.9. The van der Waals surface area contributed by atoms with Crippen molar-refractivity contribution in [3.05, 3.63) is 16.7 Å². The fourth-order valence-electron chi connectivity index (χ4n) is 3.01. The van der Waals surface area contributed by atoms with E-state index in [-0.39, 0.29) is 17.1 Å². The maximum Gasteiger partial charge on any atom is 0.478 e. The molecule has 2 aromatic rings. The van der Waals surface area contributed by atoms with Crippen molar-refractivity contribution in [3.63, 3.8) is 0 Å². The quantitative estimate of drug-likeness (QED) is 0.156. The molecule has 3 rings (SSSR count). The van der Waals surface area contributed by atoms with Gasteiger partial charge in [0.1, 0.15) is 18.3 Å². The zero-order valence-corrected chi connectivity index (χ0v) is 18.9. The van der Waals surface area contributed by atoms with E-state index < -0.39 is 60.2 Å². The molecule has 1 aliphatic heterocycles. The van der Waals surface area contributed by atoms with Crippen LogP contribution in [-0.2, 0) is 38.6 Å². The number of rotatable bonds is 8. The van der Waals surface area contributed by atoms with Crippen LogP contribution in [0, 0.1) is 0 Å². The van der Waals surface area contributed by atoms with Crippen LogP contribution in [0.2, 0.25) is 0 Å². The number of aliphatic hydroxyl groups is 2. The number of ether oxygens (including phenoxy) is 1. The van der Waals surface area contributed by atoms with Gasteiger partial charge in [-0.3, -0.25) is 27.7 Å². The summed E-state index contributed by atoms with van der Waals surface area (Å²) >= 11 is 0. The predicted octanol–water partition coefficient (Wildman–Crippen LogP) is -4.80. The van der Waals surface area contributed by atoms with Gasteiger partial charge in [0.2, 0.25) is 11.7 Å². The van der Waals surface area contributed by atoms with Crippen LogP contribution >= 0.6 is 23.5 Å². The van der Waals surface area contributed by atoms with Crippen LogP contribution in [0.15, 0.2) is 11.1 Å². The summed E-state index contributed by atoms with van der Waals surface area (Å²) in [4.78, 5) is 59.7. The number of aromatic amines is 1. The summed E-state index contributed by atoms with van der Waals surface area (Å²) in [6.07, 6.45) is -5.16. The van der Waals surface area contributed by atoms with Crippen LogP contribution in [-0.4, -0.2) is 54.6 Å². The number of nitrogens with one attached hydrogen (secondary N) is 1. The van der Waals surface area contributed by atoms with E-state index in [1.54, 1.807) is 0 Å². The van der Waals surface area contributed by atoms with E-state index in [9.17, 15) is 48.3 Å². The van der Waals surface area contributed by atoms with E-state index in [2.05, 4.69) is 23.1 Å². The predicted molar refractivity (Wildman–Crippen MR) is 95.0 cm³/mol. The minimum Gasteiger partial charge on any atom is -0.790 e. The summed E-state index contributed by atoms with van der Waals surface area (Å²) < 4.78 is 52.1. The van der Waals surface area contributed by atoms with E-state index in [1.807, 2.05) is 0 Å². The summed E-state index contributed by atoms with van der Waals surface area (Å²) in [5.74, 6) is -0.260. The average Bonchev–Trinajstić information content (AvgIpc) is 3.07. The van der Waals surface area contributed by atoms with Crippen molar-refractivity contribution >= 4 is 40.6 Å². The monoisotopic (exact) mass is 535 g/mol. The molecule has 0 aliphatic carbocycles. The van der Waals surface area contributed by atoms with Crippen LogP contribution in [0.25, 0.3) is 11.2 Å². The van der Waals surface area contributed by atoms with Crippen molar-refractivity contribution in [1.29, 1.82) is 0 Å². The molecule has 33 heavy (non-hydrogen) atoms. The highest BCUT2D eigenvalue weighted by Gasteiger charge is 2.48.